The van der Waals surface area contributed by atoms with E-state index in [1.165, 1.54) is 23.8 Å². The van der Waals surface area contributed by atoms with Crippen molar-refractivity contribution >= 4 is 29.5 Å². The molecule has 0 radical (unpaired) electrons. The highest BCUT2D eigenvalue weighted by Crippen LogP contribution is 2.32. The molecule has 2 aliphatic rings. The summed E-state index contributed by atoms with van der Waals surface area (Å²) < 4.78 is 31.3. The second-order valence-corrected chi connectivity index (χ2v) is 11.2. The van der Waals surface area contributed by atoms with Gasteiger partial charge in [-0.3, -0.25) is 4.79 Å². The minimum atomic E-state index is -2.85. The Balaban J connectivity index is 1.13. The van der Waals surface area contributed by atoms with Gasteiger partial charge in [0.25, 0.3) is 17.0 Å². The van der Waals surface area contributed by atoms with Crippen LogP contribution in [0.4, 0.5) is 8.78 Å². The molecule has 0 atom stereocenters. The molecule has 200 valence electrons. The summed E-state index contributed by atoms with van der Waals surface area (Å²) in [7, 11) is 0. The Morgan fingerprint density at radius 3 is 2.68 bits per heavy atom. The highest BCUT2D eigenvalue weighted by Gasteiger charge is 2.25. The van der Waals surface area contributed by atoms with Crippen LogP contribution in [0.3, 0.4) is 0 Å². The monoisotopic (exact) mass is 531 g/mol. The van der Waals surface area contributed by atoms with Gasteiger partial charge in [-0.25, -0.2) is 28.7 Å². The molecule has 0 unspecified atom stereocenters. The molecule has 1 saturated carbocycles. The van der Waals surface area contributed by atoms with Gasteiger partial charge >= 0.3 is 0 Å². The van der Waals surface area contributed by atoms with Gasteiger partial charge in [0.1, 0.15) is 5.82 Å². The number of amides is 1. The Bertz CT molecular complexity index is 1060. The number of thiazole rings is 1. The van der Waals surface area contributed by atoms with Crippen LogP contribution in [0, 0.1) is 18.8 Å². The van der Waals surface area contributed by atoms with Crippen molar-refractivity contribution in [3.63, 3.8) is 0 Å². The van der Waals surface area contributed by atoms with Crippen molar-refractivity contribution in [3.8, 4) is 5.19 Å². The van der Waals surface area contributed by atoms with Crippen LogP contribution in [0.5, 0.6) is 5.19 Å². The predicted octanol–water partition coefficient (Wildman–Crippen LogP) is 5.18. The van der Waals surface area contributed by atoms with Crippen LogP contribution in [-0.2, 0) is 17.6 Å². The first-order chi connectivity index (χ1) is 17.7. The van der Waals surface area contributed by atoms with E-state index in [1.54, 1.807) is 18.5 Å². The van der Waals surface area contributed by atoms with Crippen LogP contribution in [0.15, 0.2) is 23.5 Å². The number of carbonyl (C=O) groups is 1. The van der Waals surface area contributed by atoms with E-state index in [9.17, 15) is 13.6 Å². The van der Waals surface area contributed by atoms with Crippen molar-refractivity contribution in [1.29, 1.82) is 0 Å². The largest absolute Gasteiger partial charge is 0.464 e. The molecular formula is C27H35F2N5O2S. The summed E-state index contributed by atoms with van der Waals surface area (Å²) in [5.41, 5.74) is 1.78. The number of fused-ring (bicyclic) bond motifs is 1. The SMILES string of the molecule is Cc1ncc(/C=C/C(=O)N=CC2CCC(CCN3CCc4nc(OCC(C)(F)F)sc4CC3)CC2)cn1. The third-order valence-corrected chi connectivity index (χ3v) is 7.97. The van der Waals surface area contributed by atoms with Crippen molar-refractivity contribution in [1.82, 2.24) is 19.9 Å². The highest BCUT2D eigenvalue weighted by atomic mass is 32.1. The summed E-state index contributed by atoms with van der Waals surface area (Å²) in [5.74, 6) is -1.34. The van der Waals surface area contributed by atoms with E-state index >= 15 is 0 Å². The molecule has 10 heteroatoms. The molecule has 1 aliphatic heterocycles. The lowest BCUT2D eigenvalue weighted by atomic mass is 9.81. The summed E-state index contributed by atoms with van der Waals surface area (Å²) >= 11 is 1.41. The van der Waals surface area contributed by atoms with Crippen molar-refractivity contribution in [2.24, 2.45) is 16.8 Å². The lowest BCUT2D eigenvalue weighted by Gasteiger charge is -2.28. The van der Waals surface area contributed by atoms with Crippen LogP contribution in [0.25, 0.3) is 6.08 Å². The molecule has 1 amide bonds. The van der Waals surface area contributed by atoms with Crippen molar-refractivity contribution in [3.05, 3.63) is 40.4 Å². The number of rotatable bonds is 9. The number of aromatic nitrogens is 3. The Labute approximate surface area is 221 Å². The number of nitrogens with zero attached hydrogens (tertiary/aromatic N) is 5. The van der Waals surface area contributed by atoms with E-state index in [0.717, 1.165) is 81.2 Å². The average Bonchev–Trinajstić information content (AvgIpc) is 3.18. The van der Waals surface area contributed by atoms with Crippen molar-refractivity contribution in [2.45, 2.75) is 64.7 Å². The van der Waals surface area contributed by atoms with Crippen LogP contribution in [-0.4, -0.2) is 64.1 Å². The number of hydrogen-bond acceptors (Lipinski definition) is 7. The quantitative estimate of drug-likeness (QED) is 0.328. The first-order valence-corrected chi connectivity index (χ1v) is 13.8. The number of aliphatic imine (C=N–C) groups is 1. The van der Waals surface area contributed by atoms with E-state index < -0.39 is 12.5 Å². The summed E-state index contributed by atoms with van der Waals surface area (Å²) in [6.07, 6.45) is 15.7. The molecule has 2 aromatic rings. The predicted molar refractivity (Wildman–Crippen MR) is 141 cm³/mol. The molecule has 0 spiro atoms. The van der Waals surface area contributed by atoms with Crippen LogP contribution in [0.1, 0.15) is 61.0 Å². The Kier molecular flexibility index (Phi) is 9.48. The normalized spacial score (nSPS) is 21.3. The topological polar surface area (TPSA) is 80.6 Å². The Morgan fingerprint density at radius 1 is 1.22 bits per heavy atom. The molecule has 7 nitrogen and oxygen atoms in total. The fourth-order valence-electron chi connectivity index (χ4n) is 4.73. The molecule has 1 fully saturated rings. The van der Waals surface area contributed by atoms with E-state index in [4.69, 9.17) is 4.74 Å². The van der Waals surface area contributed by atoms with Gasteiger partial charge in [-0.2, -0.15) is 0 Å². The molecule has 0 bridgehead atoms. The number of carbonyl (C=O) groups excluding carboxylic acids is 1. The number of hydrogen-bond donors (Lipinski definition) is 0. The maximum absolute atomic E-state index is 13.0. The van der Waals surface area contributed by atoms with Gasteiger partial charge in [0, 0.05) is 61.6 Å². The second-order valence-electron chi connectivity index (χ2n) is 10.1. The summed E-state index contributed by atoms with van der Waals surface area (Å²) in [6.45, 7) is 5.01. The number of ether oxygens (including phenoxy) is 1. The van der Waals surface area contributed by atoms with E-state index in [1.807, 2.05) is 13.1 Å². The van der Waals surface area contributed by atoms with Gasteiger partial charge in [0.15, 0.2) is 6.61 Å². The van der Waals surface area contributed by atoms with E-state index in [2.05, 4.69) is 24.8 Å². The maximum Gasteiger partial charge on any atom is 0.278 e. The zero-order valence-electron chi connectivity index (χ0n) is 21.5. The summed E-state index contributed by atoms with van der Waals surface area (Å²) in [6, 6.07) is 0. The van der Waals surface area contributed by atoms with Gasteiger partial charge in [0.05, 0.1) is 5.69 Å². The molecule has 1 aliphatic carbocycles. The summed E-state index contributed by atoms with van der Waals surface area (Å²) in [5, 5.41) is 0.360. The first kappa shape index (κ1) is 27.4. The van der Waals surface area contributed by atoms with Gasteiger partial charge in [-0.1, -0.05) is 11.3 Å². The molecule has 4 rings (SSSR count). The first-order valence-electron chi connectivity index (χ1n) is 13.0. The molecule has 0 saturated heterocycles. The fourth-order valence-corrected chi connectivity index (χ4v) is 5.67. The average molecular weight is 532 g/mol. The van der Waals surface area contributed by atoms with E-state index in [0.29, 0.717) is 22.9 Å². The molecule has 0 N–H and O–H groups in total. The third kappa shape index (κ3) is 9.03. The summed E-state index contributed by atoms with van der Waals surface area (Å²) in [4.78, 5) is 32.5. The zero-order chi connectivity index (χ0) is 26.3. The Hall–Kier alpha value is -2.59. The standard InChI is InChI=1S/C27H35F2N5O2S/c1-19-30-16-22(17-31-19)7-8-25(35)32-15-21-5-3-20(4-6-21)9-12-34-13-10-23-24(11-14-34)37-26(33-23)36-18-27(2,28)29/h7-8,15-17,20-21H,3-6,9-14,18H2,1-2H3/b8-7+,32-15?. The lowest BCUT2D eigenvalue weighted by Crippen LogP contribution is -2.29. The number of halogens is 2. The smallest absolute Gasteiger partial charge is 0.278 e. The van der Waals surface area contributed by atoms with Gasteiger partial charge < -0.3 is 9.64 Å². The second kappa shape index (κ2) is 12.8. The van der Waals surface area contributed by atoms with Gasteiger partial charge in [-0.15, -0.1) is 0 Å². The molecular weight excluding hydrogens is 496 g/mol. The Morgan fingerprint density at radius 2 is 1.95 bits per heavy atom. The van der Waals surface area contributed by atoms with Crippen LogP contribution in [0.2, 0.25) is 0 Å². The minimum absolute atomic E-state index is 0.256. The highest BCUT2D eigenvalue weighted by molar-refractivity contribution is 7.13. The molecule has 2 aromatic heterocycles. The minimum Gasteiger partial charge on any atom is -0.464 e. The zero-order valence-corrected chi connectivity index (χ0v) is 22.4. The fraction of sp³-hybridized carbons (Fsp3) is 0.593. The van der Waals surface area contributed by atoms with E-state index in [-0.39, 0.29) is 5.91 Å². The molecule has 3 heterocycles. The number of alkyl halides is 2. The third-order valence-electron chi connectivity index (χ3n) is 6.90. The lowest BCUT2D eigenvalue weighted by molar-refractivity contribution is -0.113. The van der Waals surface area contributed by atoms with Crippen LogP contribution < -0.4 is 4.74 Å². The number of aryl methyl sites for hydroxylation is 1. The van der Waals surface area contributed by atoms with Crippen LogP contribution >= 0.6 is 11.3 Å². The van der Waals surface area contributed by atoms with Gasteiger partial charge in [-0.05, 0) is 69.9 Å². The van der Waals surface area contributed by atoms with Gasteiger partial charge in [0.2, 0.25) is 0 Å². The van der Waals surface area contributed by atoms with Crippen molar-refractivity contribution in [2.75, 3.05) is 26.2 Å². The maximum atomic E-state index is 13.0. The molecule has 0 aromatic carbocycles. The van der Waals surface area contributed by atoms with Crippen molar-refractivity contribution < 1.29 is 18.3 Å². The molecule has 37 heavy (non-hydrogen) atoms.